The van der Waals surface area contributed by atoms with E-state index >= 15 is 0 Å². The number of aromatic nitrogens is 3. The molecule has 0 fully saturated rings. The fraction of sp³-hybridized carbons (Fsp3) is 0.333. The van der Waals surface area contributed by atoms with E-state index in [0.29, 0.717) is 17.6 Å². The number of carbonyl (C=O) groups excluding carboxylic acids is 1. The summed E-state index contributed by atoms with van der Waals surface area (Å²) in [7, 11) is 0. The largest absolute Gasteiger partial charge is 0.461 e. The van der Waals surface area contributed by atoms with Crippen molar-refractivity contribution in [3.05, 3.63) is 74.0 Å². The van der Waals surface area contributed by atoms with Crippen molar-refractivity contribution in [2.75, 3.05) is 0 Å². The predicted molar refractivity (Wildman–Crippen MR) is 117 cm³/mol. The highest BCUT2D eigenvalue weighted by atomic mass is 16.5. The Morgan fingerprint density at radius 3 is 2.58 bits per heavy atom. The summed E-state index contributed by atoms with van der Waals surface area (Å²) in [4.78, 5) is 29.0. The van der Waals surface area contributed by atoms with Crippen LogP contribution in [0.3, 0.4) is 0 Å². The van der Waals surface area contributed by atoms with Crippen LogP contribution in [0, 0.1) is 34.6 Å². The molecule has 0 spiro atoms. The molecule has 7 nitrogen and oxygen atoms in total. The zero-order valence-electron chi connectivity index (χ0n) is 18.4. The van der Waals surface area contributed by atoms with Gasteiger partial charge in [-0.15, -0.1) is 0 Å². The maximum absolute atomic E-state index is 12.5. The van der Waals surface area contributed by atoms with Crippen molar-refractivity contribution in [1.82, 2.24) is 14.6 Å². The fourth-order valence-electron chi connectivity index (χ4n) is 3.86. The molecule has 0 aliphatic carbocycles. The summed E-state index contributed by atoms with van der Waals surface area (Å²) < 4.78 is 12.6. The van der Waals surface area contributed by atoms with E-state index in [2.05, 4.69) is 10.1 Å². The number of esters is 1. The van der Waals surface area contributed by atoms with Crippen molar-refractivity contribution in [1.29, 1.82) is 0 Å². The zero-order chi connectivity index (χ0) is 22.3. The molecule has 0 N–H and O–H groups in total. The summed E-state index contributed by atoms with van der Waals surface area (Å²) in [6, 6.07) is 7.11. The maximum Gasteiger partial charge on any atom is 0.336 e. The van der Waals surface area contributed by atoms with Crippen LogP contribution in [0.25, 0.3) is 16.6 Å². The molecule has 0 saturated carbocycles. The second-order valence-corrected chi connectivity index (χ2v) is 8.00. The lowest BCUT2D eigenvalue weighted by Crippen LogP contribution is -2.11. The Labute approximate surface area is 179 Å². The smallest absolute Gasteiger partial charge is 0.336 e. The van der Waals surface area contributed by atoms with Gasteiger partial charge in [0.2, 0.25) is 0 Å². The van der Waals surface area contributed by atoms with Crippen molar-refractivity contribution in [3.8, 4) is 0 Å². The van der Waals surface area contributed by atoms with Gasteiger partial charge in [0.1, 0.15) is 12.2 Å². The average molecular weight is 419 g/mol. The molecule has 0 atom stereocenters. The standard InChI is InChI=1S/C24H25N3O4/c1-13-8-20-18(11-24(29)31-21(20)9-14(13)2)12-30-23(28)7-6-19-16(4)25-22-10-15(3)26-27(22)17(19)5/h8-11H,6-7,12H2,1-5H3. The molecule has 0 radical (unpaired) electrons. The van der Waals surface area contributed by atoms with Gasteiger partial charge in [-0.1, -0.05) is 0 Å². The van der Waals surface area contributed by atoms with Crippen LogP contribution < -0.4 is 5.63 Å². The van der Waals surface area contributed by atoms with E-state index in [-0.39, 0.29) is 19.0 Å². The first-order chi connectivity index (χ1) is 14.7. The average Bonchev–Trinajstić information content (AvgIpc) is 3.07. The minimum Gasteiger partial charge on any atom is -0.461 e. The first kappa shape index (κ1) is 20.8. The van der Waals surface area contributed by atoms with Gasteiger partial charge >= 0.3 is 11.6 Å². The molecule has 0 saturated heterocycles. The number of hydrogen-bond acceptors (Lipinski definition) is 6. The van der Waals surface area contributed by atoms with E-state index in [1.54, 1.807) is 0 Å². The van der Waals surface area contributed by atoms with Crippen molar-refractivity contribution in [2.24, 2.45) is 0 Å². The highest BCUT2D eigenvalue weighted by Crippen LogP contribution is 2.22. The Morgan fingerprint density at radius 2 is 1.81 bits per heavy atom. The van der Waals surface area contributed by atoms with Crippen LogP contribution in [0.15, 0.2) is 33.5 Å². The molecule has 0 unspecified atom stereocenters. The first-order valence-electron chi connectivity index (χ1n) is 10.2. The van der Waals surface area contributed by atoms with E-state index in [4.69, 9.17) is 9.15 Å². The van der Waals surface area contributed by atoms with Gasteiger partial charge in [0.15, 0.2) is 5.65 Å². The van der Waals surface area contributed by atoms with E-state index in [0.717, 1.165) is 44.8 Å². The summed E-state index contributed by atoms with van der Waals surface area (Å²) in [5, 5.41) is 5.25. The van der Waals surface area contributed by atoms with Gasteiger partial charge < -0.3 is 9.15 Å². The Hall–Kier alpha value is -3.48. The van der Waals surface area contributed by atoms with Gasteiger partial charge in [-0.3, -0.25) is 4.79 Å². The van der Waals surface area contributed by atoms with E-state index in [1.165, 1.54) is 6.07 Å². The number of aryl methyl sites for hydroxylation is 5. The summed E-state index contributed by atoms with van der Waals surface area (Å²) in [5.41, 5.74) is 7.36. The highest BCUT2D eigenvalue weighted by molar-refractivity contribution is 5.82. The molecule has 0 aliphatic heterocycles. The minimum atomic E-state index is -0.457. The lowest BCUT2D eigenvalue weighted by Gasteiger charge is -2.12. The van der Waals surface area contributed by atoms with Gasteiger partial charge in [-0.25, -0.2) is 14.3 Å². The Kier molecular flexibility index (Phi) is 5.35. The summed E-state index contributed by atoms with van der Waals surface area (Å²) in [6.45, 7) is 9.83. The molecule has 1 aromatic carbocycles. The van der Waals surface area contributed by atoms with E-state index < -0.39 is 5.63 Å². The lowest BCUT2D eigenvalue weighted by molar-refractivity contribution is -0.144. The molecule has 3 aromatic heterocycles. The zero-order valence-corrected chi connectivity index (χ0v) is 18.4. The predicted octanol–water partition coefficient (Wildman–Crippen LogP) is 4.05. The summed E-state index contributed by atoms with van der Waals surface area (Å²) in [6.07, 6.45) is 0.723. The van der Waals surface area contributed by atoms with Crippen LogP contribution in [-0.4, -0.2) is 20.6 Å². The third-order valence-electron chi connectivity index (χ3n) is 5.70. The van der Waals surface area contributed by atoms with Gasteiger partial charge in [-0.05, 0) is 69.9 Å². The number of benzene rings is 1. The van der Waals surface area contributed by atoms with Gasteiger partial charge in [-0.2, -0.15) is 5.10 Å². The van der Waals surface area contributed by atoms with Crippen LogP contribution in [0.5, 0.6) is 0 Å². The fourth-order valence-corrected chi connectivity index (χ4v) is 3.86. The molecule has 4 aromatic rings. The minimum absolute atomic E-state index is 0.0248. The van der Waals surface area contributed by atoms with Crippen LogP contribution >= 0.6 is 0 Å². The number of ether oxygens (including phenoxy) is 1. The molecule has 3 heterocycles. The van der Waals surface area contributed by atoms with Crippen molar-refractivity contribution in [3.63, 3.8) is 0 Å². The van der Waals surface area contributed by atoms with E-state index in [9.17, 15) is 9.59 Å². The first-order valence-corrected chi connectivity index (χ1v) is 10.2. The third kappa shape index (κ3) is 4.08. The van der Waals surface area contributed by atoms with Crippen molar-refractivity contribution < 1.29 is 13.9 Å². The number of nitrogens with zero attached hydrogens (tertiary/aromatic N) is 3. The quantitative estimate of drug-likeness (QED) is 0.358. The Morgan fingerprint density at radius 1 is 1.06 bits per heavy atom. The second-order valence-electron chi connectivity index (χ2n) is 8.00. The van der Waals surface area contributed by atoms with Crippen molar-refractivity contribution in [2.45, 2.75) is 54.1 Å². The van der Waals surface area contributed by atoms with Gasteiger partial charge in [0.05, 0.1) is 5.69 Å². The number of fused-ring (bicyclic) bond motifs is 2. The van der Waals surface area contributed by atoms with Crippen molar-refractivity contribution >= 4 is 22.6 Å². The monoisotopic (exact) mass is 419 g/mol. The number of rotatable bonds is 5. The van der Waals surface area contributed by atoms with Gasteiger partial charge in [0.25, 0.3) is 0 Å². The molecule has 0 amide bonds. The number of hydrogen-bond donors (Lipinski definition) is 0. The van der Waals surface area contributed by atoms with Crippen LogP contribution in [0.4, 0.5) is 0 Å². The Bertz CT molecular complexity index is 1380. The van der Waals surface area contributed by atoms with Gasteiger partial charge in [0, 0.05) is 40.9 Å². The lowest BCUT2D eigenvalue weighted by atomic mass is 10.0. The molecular formula is C24H25N3O4. The molecule has 31 heavy (non-hydrogen) atoms. The van der Waals surface area contributed by atoms with Crippen LogP contribution in [-0.2, 0) is 22.6 Å². The highest BCUT2D eigenvalue weighted by Gasteiger charge is 2.14. The SMILES string of the molecule is Cc1cc2nc(C)c(CCC(=O)OCc3cc(=O)oc4cc(C)c(C)cc34)c(C)n2n1. The molecule has 0 aliphatic rings. The van der Waals surface area contributed by atoms with Crippen LogP contribution in [0.2, 0.25) is 0 Å². The summed E-state index contributed by atoms with van der Waals surface area (Å²) in [5.74, 6) is -0.333. The van der Waals surface area contributed by atoms with E-state index in [1.807, 2.05) is 57.3 Å². The molecular weight excluding hydrogens is 394 g/mol. The Balaban J connectivity index is 1.49. The molecule has 4 rings (SSSR count). The molecule has 7 heteroatoms. The third-order valence-corrected chi connectivity index (χ3v) is 5.70. The normalized spacial score (nSPS) is 11.4. The maximum atomic E-state index is 12.5. The molecule has 160 valence electrons. The topological polar surface area (TPSA) is 86.7 Å². The van der Waals surface area contributed by atoms with Crippen LogP contribution in [0.1, 0.15) is 45.8 Å². The molecule has 0 bridgehead atoms. The summed E-state index contributed by atoms with van der Waals surface area (Å²) >= 11 is 0. The second kappa shape index (κ2) is 7.98. The number of carbonyl (C=O) groups is 1.